The maximum atomic E-state index is 14.1. The number of methoxy groups -OCH3 is 1. The zero-order valence-electron chi connectivity index (χ0n) is 16.6. The van der Waals surface area contributed by atoms with Gasteiger partial charge in [0, 0.05) is 16.9 Å². The minimum atomic E-state index is -0.311. The van der Waals surface area contributed by atoms with Crippen LogP contribution >= 0.6 is 23.1 Å². The fourth-order valence-electron chi connectivity index (χ4n) is 3.47. The maximum absolute atomic E-state index is 14.1. The normalized spacial score (nSPS) is 13.0. The van der Waals surface area contributed by atoms with E-state index >= 15 is 0 Å². The van der Waals surface area contributed by atoms with Crippen molar-refractivity contribution in [2.45, 2.75) is 17.5 Å². The number of para-hydroxylation sites is 2. The number of hydrogen-bond donors (Lipinski definition) is 0. The summed E-state index contributed by atoms with van der Waals surface area (Å²) in [5, 5.41) is 11.6. The highest BCUT2D eigenvalue weighted by Gasteiger charge is 2.22. The summed E-state index contributed by atoms with van der Waals surface area (Å²) in [5.74, 6) is 2.28. The minimum absolute atomic E-state index is 0.163. The largest absolute Gasteiger partial charge is 0.495 e. The smallest absolute Gasteiger partial charge is 0.196 e. The van der Waals surface area contributed by atoms with Crippen molar-refractivity contribution in [1.29, 1.82) is 0 Å². The molecule has 0 N–H and O–H groups in total. The van der Waals surface area contributed by atoms with Gasteiger partial charge in [0.05, 0.1) is 24.3 Å². The van der Waals surface area contributed by atoms with E-state index < -0.39 is 0 Å². The van der Waals surface area contributed by atoms with E-state index in [1.54, 1.807) is 18.4 Å². The summed E-state index contributed by atoms with van der Waals surface area (Å²) in [6.07, 6.45) is 0. The lowest BCUT2D eigenvalue weighted by Crippen LogP contribution is -2.13. The van der Waals surface area contributed by atoms with E-state index in [1.165, 1.54) is 23.9 Å². The second-order valence-electron chi connectivity index (χ2n) is 6.74. The van der Waals surface area contributed by atoms with Crippen LogP contribution in [0, 0.1) is 5.82 Å². The van der Waals surface area contributed by atoms with Crippen molar-refractivity contribution in [3.63, 3.8) is 0 Å². The number of nitrogens with zero attached hydrogens (tertiary/aromatic N) is 3. The fraction of sp³-hybridized carbons (Fsp3) is 0.182. The second kappa shape index (κ2) is 8.70. The van der Waals surface area contributed by atoms with Crippen molar-refractivity contribution in [3.05, 3.63) is 70.9 Å². The summed E-state index contributed by atoms with van der Waals surface area (Å²) in [7, 11) is 1.64. The van der Waals surface area contributed by atoms with E-state index in [9.17, 15) is 4.39 Å². The van der Waals surface area contributed by atoms with Gasteiger partial charge in [0.25, 0.3) is 0 Å². The maximum Gasteiger partial charge on any atom is 0.196 e. The molecular formula is C22H18FN3O3S2. The van der Waals surface area contributed by atoms with Crippen LogP contribution in [-0.2, 0) is 17.1 Å². The molecule has 3 heterocycles. The monoisotopic (exact) mass is 455 g/mol. The summed E-state index contributed by atoms with van der Waals surface area (Å²) in [6, 6.07) is 14.7. The van der Waals surface area contributed by atoms with Crippen molar-refractivity contribution in [2.75, 3.05) is 13.9 Å². The van der Waals surface area contributed by atoms with Gasteiger partial charge in [-0.05, 0) is 35.7 Å². The number of thiophene rings is 1. The van der Waals surface area contributed by atoms with Crippen LogP contribution in [0.5, 0.6) is 11.5 Å². The summed E-state index contributed by atoms with van der Waals surface area (Å²) >= 11 is 3.05. The number of benzene rings is 2. The first-order chi connectivity index (χ1) is 15.2. The number of hydrogen-bond acceptors (Lipinski definition) is 7. The first-order valence-corrected chi connectivity index (χ1v) is 11.4. The Morgan fingerprint density at radius 1 is 1.19 bits per heavy atom. The number of fused-ring (bicyclic) bond motifs is 1. The number of thioether (sulfide) groups is 1. The molecular weight excluding hydrogens is 437 g/mol. The molecule has 0 saturated heterocycles. The van der Waals surface area contributed by atoms with Crippen LogP contribution in [0.15, 0.2) is 59.1 Å². The van der Waals surface area contributed by atoms with Gasteiger partial charge in [-0.1, -0.05) is 30.0 Å². The Hall–Kier alpha value is -2.88. The molecule has 0 atom stereocenters. The van der Waals surface area contributed by atoms with E-state index in [0.29, 0.717) is 34.6 Å². The van der Waals surface area contributed by atoms with Crippen LogP contribution in [0.4, 0.5) is 4.39 Å². The van der Waals surface area contributed by atoms with Crippen molar-refractivity contribution in [2.24, 2.45) is 0 Å². The number of halogens is 1. The standard InChI is InChI=1S/C22H18FN3O3S2/c1-27-18-6-3-2-5-17(18)26-21(19-7-4-8-30-19)24-25-22(26)31-12-15-10-16(23)9-14-11-28-13-29-20(14)15/h2-10H,11-13H2,1H3. The van der Waals surface area contributed by atoms with Gasteiger partial charge in [-0.15, -0.1) is 21.5 Å². The van der Waals surface area contributed by atoms with Crippen molar-refractivity contribution < 1.29 is 18.6 Å². The minimum Gasteiger partial charge on any atom is -0.495 e. The Morgan fingerprint density at radius 3 is 2.94 bits per heavy atom. The lowest BCUT2D eigenvalue weighted by Gasteiger charge is -2.20. The lowest BCUT2D eigenvalue weighted by molar-refractivity contribution is -0.0171. The van der Waals surface area contributed by atoms with E-state index in [-0.39, 0.29) is 12.6 Å². The van der Waals surface area contributed by atoms with Crippen molar-refractivity contribution in [3.8, 4) is 27.9 Å². The molecule has 0 radical (unpaired) electrons. The van der Waals surface area contributed by atoms with Gasteiger partial charge >= 0.3 is 0 Å². The number of aromatic nitrogens is 3. The third kappa shape index (κ3) is 3.91. The molecule has 0 unspecified atom stereocenters. The van der Waals surface area contributed by atoms with Crippen molar-refractivity contribution >= 4 is 23.1 Å². The quantitative estimate of drug-likeness (QED) is 0.368. The van der Waals surface area contributed by atoms with E-state index in [1.807, 2.05) is 46.3 Å². The molecule has 0 spiro atoms. The van der Waals surface area contributed by atoms with Crippen LogP contribution in [0.2, 0.25) is 0 Å². The summed E-state index contributed by atoms with van der Waals surface area (Å²) in [5.41, 5.74) is 2.31. The zero-order chi connectivity index (χ0) is 21.2. The SMILES string of the molecule is COc1ccccc1-n1c(SCc2cc(F)cc3c2OCOC3)nnc1-c1cccs1. The number of ether oxygens (including phenoxy) is 3. The van der Waals surface area contributed by atoms with Crippen molar-refractivity contribution in [1.82, 2.24) is 14.8 Å². The van der Waals surface area contributed by atoms with Crippen LogP contribution in [0.3, 0.4) is 0 Å². The van der Waals surface area contributed by atoms with Crippen LogP contribution in [0.25, 0.3) is 16.4 Å². The molecule has 9 heteroatoms. The predicted octanol–water partition coefficient (Wildman–Crippen LogP) is 5.30. The zero-order valence-corrected chi connectivity index (χ0v) is 18.2. The highest BCUT2D eigenvalue weighted by molar-refractivity contribution is 7.98. The molecule has 0 bridgehead atoms. The first kappa shape index (κ1) is 20.0. The van der Waals surface area contributed by atoms with Gasteiger partial charge in [-0.25, -0.2) is 4.39 Å². The Labute approximate surface area is 186 Å². The molecule has 4 aromatic rings. The third-order valence-electron chi connectivity index (χ3n) is 4.81. The van der Waals surface area contributed by atoms with Crippen LogP contribution in [0.1, 0.15) is 11.1 Å². The molecule has 0 saturated carbocycles. The first-order valence-electron chi connectivity index (χ1n) is 9.52. The molecule has 0 fully saturated rings. The summed E-state index contributed by atoms with van der Waals surface area (Å²) in [4.78, 5) is 0.994. The Morgan fingerprint density at radius 2 is 2.10 bits per heavy atom. The second-order valence-corrected chi connectivity index (χ2v) is 8.63. The molecule has 31 heavy (non-hydrogen) atoms. The third-order valence-corrected chi connectivity index (χ3v) is 6.65. The Kier molecular flexibility index (Phi) is 5.63. The van der Waals surface area contributed by atoms with E-state index in [2.05, 4.69) is 10.2 Å². The van der Waals surface area contributed by atoms with Gasteiger partial charge < -0.3 is 14.2 Å². The topological polar surface area (TPSA) is 58.4 Å². The average Bonchev–Trinajstić information content (AvgIpc) is 3.47. The molecule has 158 valence electrons. The Balaban J connectivity index is 1.54. The molecule has 0 amide bonds. The van der Waals surface area contributed by atoms with E-state index in [0.717, 1.165) is 22.0 Å². The van der Waals surface area contributed by atoms with E-state index in [4.69, 9.17) is 14.2 Å². The average molecular weight is 456 g/mol. The fourth-order valence-corrected chi connectivity index (χ4v) is 5.08. The van der Waals surface area contributed by atoms with Gasteiger partial charge in [0.1, 0.15) is 17.3 Å². The molecule has 6 nitrogen and oxygen atoms in total. The summed E-state index contributed by atoms with van der Waals surface area (Å²) in [6.45, 7) is 0.501. The molecule has 5 rings (SSSR count). The highest BCUT2D eigenvalue weighted by Crippen LogP contribution is 2.37. The van der Waals surface area contributed by atoms with Gasteiger partial charge in [0.15, 0.2) is 17.8 Å². The summed E-state index contributed by atoms with van der Waals surface area (Å²) < 4.78 is 32.6. The van der Waals surface area contributed by atoms with Gasteiger partial charge in [-0.2, -0.15) is 0 Å². The Bertz CT molecular complexity index is 1210. The molecule has 1 aliphatic rings. The highest BCUT2D eigenvalue weighted by atomic mass is 32.2. The molecule has 0 aliphatic carbocycles. The van der Waals surface area contributed by atoms with Gasteiger partial charge in [0.2, 0.25) is 0 Å². The van der Waals surface area contributed by atoms with Crippen LogP contribution in [-0.4, -0.2) is 28.7 Å². The molecule has 2 aromatic carbocycles. The predicted molar refractivity (Wildman–Crippen MR) is 117 cm³/mol. The van der Waals surface area contributed by atoms with Crippen LogP contribution < -0.4 is 9.47 Å². The molecule has 1 aliphatic heterocycles. The molecule has 2 aromatic heterocycles. The number of rotatable bonds is 6. The lowest BCUT2D eigenvalue weighted by atomic mass is 10.1. The van der Waals surface area contributed by atoms with Gasteiger partial charge in [-0.3, -0.25) is 4.57 Å².